The average Bonchev–Trinajstić information content (AvgIpc) is 2.21. The molecular formula is C15H27N. The smallest absolute Gasteiger partial charge is 0.0487 e. The van der Waals surface area contributed by atoms with Crippen molar-refractivity contribution in [3.8, 4) is 0 Å². The number of aliphatic imine (C=N–C) groups is 1. The van der Waals surface area contributed by atoms with Crippen molar-refractivity contribution in [3.05, 3.63) is 23.9 Å². The Bertz CT molecular complexity index is 287. The minimum atomic E-state index is 0.0924. The predicted octanol–water partition coefficient (Wildman–Crippen LogP) is 5.14. The zero-order chi connectivity index (χ0) is 12.8. The lowest BCUT2D eigenvalue weighted by atomic mass is 9.87. The Balaban J connectivity index is 5.46. The molecule has 0 heterocycles. The average molecular weight is 221 g/mol. The normalized spacial score (nSPS) is 14.8. The second-order valence-electron chi connectivity index (χ2n) is 5.28. The Morgan fingerprint density at radius 3 is 2.12 bits per heavy atom. The van der Waals surface area contributed by atoms with Crippen LogP contribution in [0.1, 0.15) is 60.8 Å². The van der Waals surface area contributed by atoms with Gasteiger partial charge in [0.25, 0.3) is 0 Å². The van der Waals surface area contributed by atoms with Gasteiger partial charge in [-0.25, -0.2) is 0 Å². The summed E-state index contributed by atoms with van der Waals surface area (Å²) in [6.07, 6.45) is 5.19. The van der Waals surface area contributed by atoms with Crippen molar-refractivity contribution in [1.82, 2.24) is 0 Å². The van der Waals surface area contributed by atoms with Gasteiger partial charge >= 0.3 is 0 Å². The van der Waals surface area contributed by atoms with E-state index in [2.05, 4.69) is 48.1 Å². The van der Waals surface area contributed by atoms with E-state index in [9.17, 15) is 0 Å². The second-order valence-corrected chi connectivity index (χ2v) is 5.28. The lowest BCUT2D eigenvalue weighted by molar-refractivity contribution is 0.491. The summed E-state index contributed by atoms with van der Waals surface area (Å²) in [5, 5.41) is 0. The quantitative estimate of drug-likeness (QED) is 0.450. The van der Waals surface area contributed by atoms with Gasteiger partial charge in [-0.05, 0) is 25.3 Å². The first-order valence-electron chi connectivity index (χ1n) is 6.27. The van der Waals surface area contributed by atoms with Crippen LogP contribution in [0.25, 0.3) is 0 Å². The molecule has 0 bridgehead atoms. The molecule has 0 fully saturated rings. The number of hydrogen-bond acceptors (Lipinski definition) is 1. The Morgan fingerprint density at radius 1 is 1.25 bits per heavy atom. The van der Waals surface area contributed by atoms with Crippen LogP contribution in [0, 0.1) is 5.41 Å². The van der Waals surface area contributed by atoms with Gasteiger partial charge in [0.15, 0.2) is 0 Å². The first kappa shape index (κ1) is 15.2. The lowest BCUT2D eigenvalue weighted by Gasteiger charge is -2.23. The Hall–Kier alpha value is -0.850. The summed E-state index contributed by atoms with van der Waals surface area (Å²) < 4.78 is 0. The fourth-order valence-electron chi connectivity index (χ4n) is 1.58. The lowest BCUT2D eigenvalue weighted by Crippen LogP contribution is -2.11. The molecule has 0 amide bonds. The van der Waals surface area contributed by atoms with Gasteiger partial charge in [0.05, 0.1) is 0 Å². The first-order chi connectivity index (χ1) is 7.36. The number of rotatable bonds is 5. The molecule has 0 saturated heterocycles. The first-order valence-corrected chi connectivity index (χ1v) is 6.27. The van der Waals surface area contributed by atoms with Crippen molar-refractivity contribution < 1.29 is 0 Å². The van der Waals surface area contributed by atoms with Crippen molar-refractivity contribution >= 4 is 5.71 Å². The number of hydrogen-bond donors (Lipinski definition) is 0. The SMILES string of the molecule is C=C/C(CCC)=C(\N=C(C)CC)C(C)(C)C. The maximum atomic E-state index is 4.78. The van der Waals surface area contributed by atoms with Crippen LogP contribution in [0.3, 0.4) is 0 Å². The summed E-state index contributed by atoms with van der Waals surface area (Å²) in [4.78, 5) is 4.78. The van der Waals surface area contributed by atoms with Crippen LogP contribution < -0.4 is 0 Å². The maximum Gasteiger partial charge on any atom is 0.0487 e. The molecule has 0 spiro atoms. The van der Waals surface area contributed by atoms with Crippen molar-refractivity contribution in [1.29, 1.82) is 0 Å². The van der Waals surface area contributed by atoms with E-state index < -0.39 is 0 Å². The molecule has 0 N–H and O–H groups in total. The number of nitrogens with zero attached hydrogens (tertiary/aromatic N) is 1. The predicted molar refractivity (Wildman–Crippen MR) is 75.0 cm³/mol. The molecule has 0 unspecified atom stereocenters. The molecule has 92 valence electrons. The van der Waals surface area contributed by atoms with Crippen molar-refractivity contribution in [2.75, 3.05) is 0 Å². The van der Waals surface area contributed by atoms with Crippen LogP contribution in [0.2, 0.25) is 0 Å². The largest absolute Gasteiger partial charge is 0.262 e. The summed E-state index contributed by atoms with van der Waals surface area (Å²) in [6, 6.07) is 0. The topological polar surface area (TPSA) is 12.4 Å². The molecule has 0 radical (unpaired) electrons. The molecule has 16 heavy (non-hydrogen) atoms. The van der Waals surface area contributed by atoms with Gasteiger partial charge in [-0.1, -0.05) is 53.7 Å². The van der Waals surface area contributed by atoms with Gasteiger partial charge in [0.2, 0.25) is 0 Å². The Labute approximate surface area is 101 Å². The van der Waals surface area contributed by atoms with Crippen LogP contribution in [-0.4, -0.2) is 5.71 Å². The zero-order valence-electron chi connectivity index (χ0n) is 11.9. The zero-order valence-corrected chi connectivity index (χ0v) is 11.9. The van der Waals surface area contributed by atoms with Gasteiger partial charge < -0.3 is 0 Å². The summed E-state index contributed by atoms with van der Waals surface area (Å²) >= 11 is 0. The molecule has 0 aliphatic rings. The van der Waals surface area contributed by atoms with Gasteiger partial charge in [-0.3, -0.25) is 4.99 Å². The maximum absolute atomic E-state index is 4.78. The van der Waals surface area contributed by atoms with Crippen LogP contribution >= 0.6 is 0 Å². The summed E-state index contributed by atoms with van der Waals surface area (Å²) in [6.45, 7) is 17.0. The molecule has 0 saturated carbocycles. The van der Waals surface area contributed by atoms with Crippen molar-refractivity contribution in [2.45, 2.75) is 60.8 Å². The van der Waals surface area contributed by atoms with E-state index >= 15 is 0 Å². The minimum Gasteiger partial charge on any atom is -0.262 e. The molecule has 1 nitrogen and oxygen atoms in total. The third kappa shape index (κ3) is 4.78. The molecule has 1 heteroatoms. The van der Waals surface area contributed by atoms with E-state index in [-0.39, 0.29) is 5.41 Å². The summed E-state index contributed by atoms with van der Waals surface area (Å²) in [5.74, 6) is 0. The van der Waals surface area contributed by atoms with Crippen molar-refractivity contribution in [3.63, 3.8) is 0 Å². The third-order valence-corrected chi connectivity index (χ3v) is 2.59. The standard InChI is InChI=1S/C15H27N/c1-8-11-13(10-3)14(15(5,6)7)16-12(4)9-2/h10H,3,8-9,11H2,1-2,4-7H3/b14-13+,16-12?. The minimum absolute atomic E-state index is 0.0924. The highest BCUT2D eigenvalue weighted by atomic mass is 14.8. The van der Waals surface area contributed by atoms with E-state index in [1.54, 1.807) is 0 Å². The van der Waals surface area contributed by atoms with Crippen LogP contribution in [0.15, 0.2) is 28.9 Å². The number of allylic oxidation sites excluding steroid dienone is 3. The van der Waals surface area contributed by atoms with Gasteiger partial charge in [0.1, 0.15) is 0 Å². The molecule has 0 atom stereocenters. The Morgan fingerprint density at radius 2 is 1.81 bits per heavy atom. The van der Waals surface area contributed by atoms with E-state index in [0.717, 1.165) is 19.3 Å². The van der Waals surface area contributed by atoms with E-state index in [4.69, 9.17) is 4.99 Å². The summed E-state index contributed by atoms with van der Waals surface area (Å²) in [7, 11) is 0. The monoisotopic (exact) mass is 221 g/mol. The fourth-order valence-corrected chi connectivity index (χ4v) is 1.58. The van der Waals surface area contributed by atoms with E-state index in [1.807, 2.05) is 6.08 Å². The van der Waals surface area contributed by atoms with Crippen LogP contribution in [0.4, 0.5) is 0 Å². The Kier molecular flexibility index (Phi) is 6.32. The van der Waals surface area contributed by atoms with E-state index in [0.29, 0.717) is 0 Å². The van der Waals surface area contributed by atoms with Crippen LogP contribution in [-0.2, 0) is 0 Å². The van der Waals surface area contributed by atoms with Gasteiger partial charge in [-0.15, -0.1) is 0 Å². The summed E-state index contributed by atoms with van der Waals surface area (Å²) in [5.41, 5.74) is 3.78. The fraction of sp³-hybridized carbons (Fsp3) is 0.667. The highest BCUT2D eigenvalue weighted by molar-refractivity contribution is 5.82. The van der Waals surface area contributed by atoms with Crippen LogP contribution in [0.5, 0.6) is 0 Å². The molecule has 0 aromatic carbocycles. The molecule has 0 aliphatic heterocycles. The third-order valence-electron chi connectivity index (χ3n) is 2.59. The molecule has 0 aromatic rings. The molecular weight excluding hydrogens is 194 g/mol. The van der Waals surface area contributed by atoms with E-state index in [1.165, 1.54) is 17.0 Å². The van der Waals surface area contributed by atoms with Gasteiger partial charge in [0, 0.05) is 16.8 Å². The highest BCUT2D eigenvalue weighted by Gasteiger charge is 2.19. The van der Waals surface area contributed by atoms with Crippen molar-refractivity contribution in [2.24, 2.45) is 10.4 Å². The highest BCUT2D eigenvalue weighted by Crippen LogP contribution is 2.31. The molecule has 0 aromatic heterocycles. The second kappa shape index (κ2) is 6.67. The molecule has 0 aliphatic carbocycles. The molecule has 0 rings (SSSR count). The van der Waals surface area contributed by atoms with Gasteiger partial charge in [-0.2, -0.15) is 0 Å².